The molecule has 124 valence electrons. The van der Waals surface area contributed by atoms with Gasteiger partial charge in [0.15, 0.2) is 0 Å². The third-order valence-electron chi connectivity index (χ3n) is 2.77. The predicted molar refractivity (Wildman–Crippen MR) is 107 cm³/mol. The van der Waals surface area contributed by atoms with E-state index in [2.05, 4.69) is 71.2 Å². The summed E-state index contributed by atoms with van der Waals surface area (Å²) in [5, 5.41) is 0. The first-order valence-electron chi connectivity index (χ1n) is 7.96. The Labute approximate surface area is 140 Å². The molecule has 0 N–H and O–H groups in total. The van der Waals surface area contributed by atoms with Gasteiger partial charge in [-0.25, -0.2) is 0 Å². The van der Waals surface area contributed by atoms with E-state index in [1.54, 1.807) is 6.08 Å². The number of aryl methyl sites for hydroxylation is 2. The van der Waals surface area contributed by atoms with Gasteiger partial charge in [-0.3, -0.25) is 0 Å². The SMILES string of the molecule is C=C/C(C)=C(C)\C=C/C.C=CC.CC.Cc1ccccc1C. The van der Waals surface area contributed by atoms with Gasteiger partial charge in [0.2, 0.25) is 0 Å². The molecule has 0 radical (unpaired) electrons. The number of hydrogen-bond acceptors (Lipinski definition) is 0. The van der Waals surface area contributed by atoms with Crippen LogP contribution in [0.1, 0.15) is 52.7 Å². The Bertz CT molecular complexity index is 424. The highest BCUT2D eigenvalue weighted by Gasteiger charge is 1.84. The first kappa shape index (κ1) is 25.2. The Morgan fingerprint density at radius 2 is 1.23 bits per heavy atom. The molecule has 0 aliphatic heterocycles. The monoisotopic (exact) mass is 300 g/mol. The van der Waals surface area contributed by atoms with Crippen LogP contribution in [0.4, 0.5) is 0 Å². The van der Waals surface area contributed by atoms with Crippen LogP contribution >= 0.6 is 0 Å². The Balaban J connectivity index is -0.000000255. The summed E-state index contributed by atoms with van der Waals surface area (Å²) in [6.07, 6.45) is 7.73. The fraction of sp³-hybridized carbons (Fsp3) is 0.364. The minimum Gasteiger partial charge on any atom is -0.103 e. The van der Waals surface area contributed by atoms with E-state index in [9.17, 15) is 0 Å². The van der Waals surface area contributed by atoms with Crippen LogP contribution in [-0.2, 0) is 0 Å². The van der Waals surface area contributed by atoms with E-state index < -0.39 is 0 Å². The average Bonchev–Trinajstić information content (AvgIpc) is 2.53. The lowest BCUT2D eigenvalue weighted by Crippen LogP contribution is -1.74. The molecule has 0 unspecified atom stereocenters. The van der Waals surface area contributed by atoms with Gasteiger partial charge in [0, 0.05) is 0 Å². The van der Waals surface area contributed by atoms with Crippen LogP contribution in [0.15, 0.2) is 72.9 Å². The number of rotatable bonds is 2. The quantitative estimate of drug-likeness (QED) is 0.389. The number of benzene rings is 1. The van der Waals surface area contributed by atoms with Crippen molar-refractivity contribution in [3.8, 4) is 0 Å². The highest BCUT2D eigenvalue weighted by Crippen LogP contribution is 2.04. The smallest absolute Gasteiger partial charge is 0.0395 e. The molecule has 0 fully saturated rings. The molecule has 22 heavy (non-hydrogen) atoms. The summed E-state index contributed by atoms with van der Waals surface area (Å²) in [7, 11) is 0. The molecule has 0 heterocycles. The highest BCUT2D eigenvalue weighted by molar-refractivity contribution is 5.28. The fourth-order valence-electron chi connectivity index (χ4n) is 1.21. The van der Waals surface area contributed by atoms with E-state index in [0.717, 1.165) is 0 Å². The van der Waals surface area contributed by atoms with E-state index in [4.69, 9.17) is 0 Å². The zero-order valence-corrected chi connectivity index (χ0v) is 16.0. The molecule has 1 rings (SSSR count). The van der Waals surface area contributed by atoms with Gasteiger partial charge in [-0.2, -0.15) is 0 Å². The zero-order valence-electron chi connectivity index (χ0n) is 16.0. The van der Waals surface area contributed by atoms with Crippen LogP contribution in [0.2, 0.25) is 0 Å². The van der Waals surface area contributed by atoms with Crippen molar-refractivity contribution in [3.05, 3.63) is 84.0 Å². The van der Waals surface area contributed by atoms with Crippen molar-refractivity contribution in [3.63, 3.8) is 0 Å². The van der Waals surface area contributed by atoms with E-state index >= 15 is 0 Å². The minimum atomic E-state index is 1.24. The van der Waals surface area contributed by atoms with E-state index in [-0.39, 0.29) is 0 Å². The molecule has 0 bridgehead atoms. The van der Waals surface area contributed by atoms with Crippen molar-refractivity contribution in [2.24, 2.45) is 0 Å². The van der Waals surface area contributed by atoms with Crippen LogP contribution in [0.3, 0.4) is 0 Å². The Morgan fingerprint density at radius 1 is 0.864 bits per heavy atom. The summed E-state index contributed by atoms with van der Waals surface area (Å²) in [6.45, 7) is 23.3. The summed E-state index contributed by atoms with van der Waals surface area (Å²) in [5.41, 5.74) is 5.26. The molecule has 1 aromatic rings. The molecule has 0 saturated heterocycles. The lowest BCUT2D eigenvalue weighted by Gasteiger charge is -1.93. The largest absolute Gasteiger partial charge is 0.103 e. The molecule has 0 spiro atoms. The van der Waals surface area contributed by atoms with Crippen LogP contribution in [0.5, 0.6) is 0 Å². The van der Waals surface area contributed by atoms with Gasteiger partial charge in [0.05, 0.1) is 0 Å². The predicted octanol–water partition coefficient (Wildman–Crippen LogP) is 7.61. The minimum absolute atomic E-state index is 1.24. The standard InChI is InChI=1S/C9H14.C8H10.C3H6.C2H6/c1-5-7-9(4)8(3)6-2;1-7-5-3-4-6-8(7)2;1-3-2;1-2/h5-7H,2H2,1,3-4H3;3-6H,1-2H3;3H,1H2,2H3;1-2H3/b7-5-,9-8-;;;. The van der Waals surface area contributed by atoms with Crippen molar-refractivity contribution in [2.45, 2.75) is 55.4 Å². The number of allylic oxidation sites excluding steroid dienone is 6. The second-order valence-electron chi connectivity index (χ2n) is 4.56. The van der Waals surface area contributed by atoms with Gasteiger partial charge in [-0.05, 0) is 63.8 Å². The Morgan fingerprint density at radius 3 is 1.45 bits per heavy atom. The van der Waals surface area contributed by atoms with Gasteiger partial charge in [-0.15, -0.1) is 6.58 Å². The number of hydrogen-bond donors (Lipinski definition) is 0. The third kappa shape index (κ3) is 16.2. The van der Waals surface area contributed by atoms with Crippen molar-refractivity contribution < 1.29 is 0 Å². The summed E-state index contributed by atoms with van der Waals surface area (Å²) in [6, 6.07) is 8.36. The summed E-state index contributed by atoms with van der Waals surface area (Å²) < 4.78 is 0. The molecule has 0 heteroatoms. The van der Waals surface area contributed by atoms with Gasteiger partial charge >= 0.3 is 0 Å². The molecule has 0 atom stereocenters. The summed E-state index contributed by atoms with van der Waals surface area (Å²) in [5.74, 6) is 0. The normalized spacial score (nSPS) is 9.82. The van der Waals surface area contributed by atoms with E-state index in [0.29, 0.717) is 0 Å². The first-order valence-corrected chi connectivity index (χ1v) is 7.96. The third-order valence-corrected chi connectivity index (χ3v) is 2.77. The molecule has 1 aromatic carbocycles. The van der Waals surface area contributed by atoms with Crippen LogP contribution in [0, 0.1) is 13.8 Å². The van der Waals surface area contributed by atoms with Gasteiger partial charge in [0.25, 0.3) is 0 Å². The van der Waals surface area contributed by atoms with Crippen LogP contribution in [0.25, 0.3) is 0 Å². The fourth-order valence-corrected chi connectivity index (χ4v) is 1.21. The van der Waals surface area contributed by atoms with Crippen molar-refractivity contribution in [2.75, 3.05) is 0 Å². The maximum absolute atomic E-state index is 3.67. The van der Waals surface area contributed by atoms with Gasteiger partial charge in [-0.1, -0.05) is 69.0 Å². The van der Waals surface area contributed by atoms with Gasteiger partial charge < -0.3 is 0 Å². The summed E-state index contributed by atoms with van der Waals surface area (Å²) >= 11 is 0. The lowest BCUT2D eigenvalue weighted by atomic mass is 10.1. The zero-order chi connectivity index (χ0) is 18.0. The molecule has 0 aromatic heterocycles. The van der Waals surface area contributed by atoms with Crippen LogP contribution < -0.4 is 0 Å². The molecule has 0 amide bonds. The molecule has 0 saturated carbocycles. The molecular weight excluding hydrogens is 264 g/mol. The maximum Gasteiger partial charge on any atom is -0.0395 e. The van der Waals surface area contributed by atoms with E-state index in [1.807, 2.05) is 39.8 Å². The van der Waals surface area contributed by atoms with Crippen molar-refractivity contribution >= 4 is 0 Å². The Kier molecular flexibility index (Phi) is 21.9. The topological polar surface area (TPSA) is 0 Å². The maximum atomic E-state index is 3.67. The molecular formula is C22H36. The highest BCUT2D eigenvalue weighted by atomic mass is 13.9. The second kappa shape index (κ2) is 19.2. The molecule has 0 aliphatic rings. The van der Waals surface area contributed by atoms with E-state index in [1.165, 1.54) is 22.3 Å². The lowest BCUT2D eigenvalue weighted by molar-refractivity contribution is 1.34. The summed E-state index contributed by atoms with van der Waals surface area (Å²) in [4.78, 5) is 0. The Hall–Kier alpha value is -1.82. The first-order chi connectivity index (χ1) is 10.4. The molecule has 0 nitrogen and oxygen atoms in total. The van der Waals surface area contributed by atoms with Crippen molar-refractivity contribution in [1.29, 1.82) is 0 Å². The second-order valence-corrected chi connectivity index (χ2v) is 4.56. The molecule has 0 aliphatic carbocycles. The van der Waals surface area contributed by atoms with Crippen molar-refractivity contribution in [1.82, 2.24) is 0 Å². The average molecular weight is 301 g/mol. The van der Waals surface area contributed by atoms with Crippen LogP contribution in [-0.4, -0.2) is 0 Å². The van der Waals surface area contributed by atoms with Gasteiger partial charge in [0.1, 0.15) is 0 Å².